The predicted molar refractivity (Wildman–Crippen MR) is 145 cm³/mol. The van der Waals surface area contributed by atoms with Gasteiger partial charge in [0.05, 0.1) is 24.3 Å². The zero-order chi connectivity index (χ0) is 26.2. The van der Waals surface area contributed by atoms with Crippen LogP contribution in [0.5, 0.6) is 11.5 Å². The van der Waals surface area contributed by atoms with E-state index in [0.717, 1.165) is 31.1 Å². The van der Waals surface area contributed by atoms with Gasteiger partial charge in [0, 0.05) is 0 Å². The van der Waals surface area contributed by atoms with Crippen molar-refractivity contribution in [2.24, 2.45) is 11.7 Å². The van der Waals surface area contributed by atoms with Gasteiger partial charge >= 0.3 is 0 Å². The molecule has 0 saturated carbocycles. The number of nitrogens with two attached hydrogens (primary N) is 2. The standard InChI is InChI=1S/C28H44N4O4/c1-3-5-7-9-11-13-15-35-25-19-22-20-26(36-16-14-12-10-8-6-4-2)24(28(34)32-30)18-21(22)17-23(25)27(33)31-29/h17-20H,3-16,29-30H2,1-2H3,(H,31,33)(H,32,34). The number of unbranched alkanes of at least 4 members (excludes halogenated alkanes) is 10. The molecule has 2 rings (SSSR count). The van der Waals surface area contributed by atoms with Crippen molar-refractivity contribution in [1.82, 2.24) is 10.9 Å². The van der Waals surface area contributed by atoms with E-state index in [4.69, 9.17) is 21.2 Å². The van der Waals surface area contributed by atoms with Crippen molar-refractivity contribution in [3.05, 3.63) is 35.4 Å². The van der Waals surface area contributed by atoms with E-state index in [-0.39, 0.29) is 0 Å². The van der Waals surface area contributed by atoms with Crippen LogP contribution in [0.15, 0.2) is 24.3 Å². The lowest BCUT2D eigenvalue weighted by atomic mass is 10.0. The number of nitrogen functional groups attached to an aromatic ring is 2. The van der Waals surface area contributed by atoms with E-state index in [1.54, 1.807) is 24.3 Å². The van der Waals surface area contributed by atoms with E-state index in [1.165, 1.54) is 51.4 Å². The second-order valence-electron chi connectivity index (χ2n) is 9.22. The Kier molecular flexibility index (Phi) is 13.7. The van der Waals surface area contributed by atoms with Crippen molar-refractivity contribution in [3.8, 4) is 11.5 Å². The lowest BCUT2D eigenvalue weighted by molar-refractivity contribution is 0.0942. The molecule has 0 unspecified atom stereocenters. The molecule has 0 aromatic heterocycles. The number of nitrogens with one attached hydrogen (secondary N) is 2. The molecule has 0 heterocycles. The number of rotatable bonds is 18. The molecule has 2 aromatic rings. The number of hydrogen-bond acceptors (Lipinski definition) is 6. The first kappa shape index (κ1) is 29.4. The average Bonchev–Trinajstić information content (AvgIpc) is 2.90. The molecular formula is C28H44N4O4. The first-order valence-electron chi connectivity index (χ1n) is 13.4. The van der Waals surface area contributed by atoms with Crippen molar-refractivity contribution in [1.29, 1.82) is 0 Å². The van der Waals surface area contributed by atoms with Gasteiger partial charge in [0.15, 0.2) is 0 Å². The number of carbonyl (C=O) groups excluding carboxylic acids is 2. The summed E-state index contributed by atoms with van der Waals surface area (Å²) in [6.07, 6.45) is 13.7. The third-order valence-corrected chi connectivity index (χ3v) is 6.30. The molecule has 6 N–H and O–H groups in total. The van der Waals surface area contributed by atoms with Gasteiger partial charge in [-0.05, 0) is 47.9 Å². The Hall–Kier alpha value is -2.84. The van der Waals surface area contributed by atoms with Gasteiger partial charge < -0.3 is 9.47 Å². The molecule has 0 aliphatic rings. The van der Waals surface area contributed by atoms with Crippen LogP contribution in [0.1, 0.15) is 112 Å². The fraction of sp³-hybridized carbons (Fsp3) is 0.571. The molecule has 0 fully saturated rings. The van der Waals surface area contributed by atoms with Gasteiger partial charge in [-0.1, -0.05) is 78.1 Å². The fourth-order valence-electron chi connectivity index (χ4n) is 4.19. The van der Waals surface area contributed by atoms with Crippen LogP contribution in [0, 0.1) is 0 Å². The van der Waals surface area contributed by atoms with E-state index < -0.39 is 11.8 Å². The molecule has 8 heteroatoms. The molecule has 2 aromatic carbocycles. The summed E-state index contributed by atoms with van der Waals surface area (Å²) < 4.78 is 12.0. The zero-order valence-corrected chi connectivity index (χ0v) is 22.0. The minimum absolute atomic E-state index is 0.316. The molecular weight excluding hydrogens is 456 g/mol. The number of ether oxygens (including phenoxy) is 2. The number of hydrogen-bond donors (Lipinski definition) is 4. The van der Waals surface area contributed by atoms with Crippen molar-refractivity contribution in [2.45, 2.75) is 90.9 Å². The molecule has 0 radical (unpaired) electrons. The molecule has 8 nitrogen and oxygen atoms in total. The van der Waals surface area contributed by atoms with Crippen molar-refractivity contribution in [2.75, 3.05) is 13.2 Å². The van der Waals surface area contributed by atoms with E-state index in [2.05, 4.69) is 24.7 Å². The molecule has 0 bridgehead atoms. The predicted octanol–water partition coefficient (Wildman–Crippen LogP) is 5.53. The minimum atomic E-state index is -0.455. The van der Waals surface area contributed by atoms with E-state index >= 15 is 0 Å². The summed E-state index contributed by atoms with van der Waals surface area (Å²) in [6.45, 7) is 5.42. The normalized spacial score (nSPS) is 10.9. The topological polar surface area (TPSA) is 129 Å². The van der Waals surface area contributed by atoms with Crippen LogP contribution >= 0.6 is 0 Å². The lowest BCUT2D eigenvalue weighted by Crippen LogP contribution is -2.31. The maximum absolute atomic E-state index is 12.5. The summed E-state index contributed by atoms with van der Waals surface area (Å²) in [5, 5.41) is 1.49. The van der Waals surface area contributed by atoms with Crippen LogP contribution < -0.4 is 32.0 Å². The highest BCUT2D eigenvalue weighted by Crippen LogP contribution is 2.32. The fourth-order valence-corrected chi connectivity index (χ4v) is 4.19. The Morgan fingerprint density at radius 3 is 1.36 bits per heavy atom. The molecule has 0 atom stereocenters. The van der Waals surface area contributed by atoms with Crippen molar-refractivity contribution in [3.63, 3.8) is 0 Å². The highest BCUT2D eigenvalue weighted by atomic mass is 16.5. The number of benzene rings is 2. The molecule has 0 aliphatic heterocycles. The summed E-state index contributed by atoms with van der Waals surface area (Å²) in [6, 6.07) is 6.97. The maximum atomic E-state index is 12.5. The van der Waals surface area contributed by atoms with E-state index in [0.29, 0.717) is 41.2 Å². The van der Waals surface area contributed by atoms with Gasteiger partial charge in [-0.2, -0.15) is 0 Å². The highest BCUT2D eigenvalue weighted by molar-refractivity contribution is 6.05. The van der Waals surface area contributed by atoms with Crippen LogP contribution in [0.3, 0.4) is 0 Å². The van der Waals surface area contributed by atoms with Crippen molar-refractivity contribution < 1.29 is 19.1 Å². The van der Waals surface area contributed by atoms with Gasteiger partial charge in [0.2, 0.25) is 0 Å². The summed E-state index contributed by atoms with van der Waals surface area (Å²) in [7, 11) is 0. The largest absolute Gasteiger partial charge is 0.493 e. The Labute approximate surface area is 215 Å². The number of fused-ring (bicyclic) bond motifs is 1. The Morgan fingerprint density at radius 2 is 0.972 bits per heavy atom. The molecule has 0 saturated heterocycles. The van der Waals surface area contributed by atoms with Gasteiger partial charge in [-0.15, -0.1) is 0 Å². The maximum Gasteiger partial charge on any atom is 0.268 e. The van der Waals surface area contributed by atoms with Crippen LogP contribution in [-0.2, 0) is 0 Å². The summed E-state index contributed by atoms with van der Waals surface area (Å²) in [4.78, 5) is 24.9. The molecule has 0 spiro atoms. The second-order valence-corrected chi connectivity index (χ2v) is 9.22. The van der Waals surface area contributed by atoms with Gasteiger partial charge in [-0.25, -0.2) is 11.7 Å². The van der Waals surface area contributed by atoms with Crippen LogP contribution in [0.25, 0.3) is 10.8 Å². The van der Waals surface area contributed by atoms with Gasteiger partial charge in [0.1, 0.15) is 11.5 Å². The summed E-state index contributed by atoms with van der Waals surface area (Å²) in [5.74, 6) is 10.8. The molecule has 0 aliphatic carbocycles. The SMILES string of the molecule is CCCCCCCCOc1cc2cc(OCCCCCCCC)c(C(=O)NN)cc2cc1C(=O)NN. The smallest absolute Gasteiger partial charge is 0.268 e. The zero-order valence-electron chi connectivity index (χ0n) is 22.0. The second kappa shape index (κ2) is 16.8. The Bertz CT molecular complexity index is 891. The third-order valence-electron chi connectivity index (χ3n) is 6.30. The summed E-state index contributed by atoms with van der Waals surface area (Å²) in [5.41, 5.74) is 4.99. The average molecular weight is 501 g/mol. The minimum Gasteiger partial charge on any atom is -0.493 e. The van der Waals surface area contributed by atoms with E-state index in [1.807, 2.05) is 0 Å². The van der Waals surface area contributed by atoms with Crippen molar-refractivity contribution >= 4 is 22.6 Å². The van der Waals surface area contributed by atoms with Crippen LogP contribution in [0.2, 0.25) is 0 Å². The monoisotopic (exact) mass is 500 g/mol. The first-order valence-corrected chi connectivity index (χ1v) is 13.4. The van der Waals surface area contributed by atoms with Crippen LogP contribution in [-0.4, -0.2) is 25.0 Å². The Balaban J connectivity index is 2.20. The highest BCUT2D eigenvalue weighted by Gasteiger charge is 2.18. The first-order chi connectivity index (χ1) is 17.5. The number of carbonyl (C=O) groups is 2. The van der Waals surface area contributed by atoms with Gasteiger partial charge in [-0.3, -0.25) is 20.4 Å². The van der Waals surface area contributed by atoms with Crippen LogP contribution in [0.4, 0.5) is 0 Å². The quantitative estimate of drug-likeness (QED) is 0.0922. The molecule has 200 valence electrons. The Morgan fingerprint density at radius 1 is 0.611 bits per heavy atom. The summed E-state index contributed by atoms with van der Waals surface area (Å²) >= 11 is 0. The molecule has 2 amide bonds. The molecule has 36 heavy (non-hydrogen) atoms. The van der Waals surface area contributed by atoms with E-state index in [9.17, 15) is 9.59 Å². The lowest BCUT2D eigenvalue weighted by Gasteiger charge is -2.15. The number of amides is 2. The van der Waals surface area contributed by atoms with Gasteiger partial charge in [0.25, 0.3) is 11.8 Å². The number of hydrazine groups is 2. The third kappa shape index (κ3) is 9.32.